The summed E-state index contributed by atoms with van der Waals surface area (Å²) in [7, 11) is 0. The Labute approximate surface area is 139 Å². The smallest absolute Gasteiger partial charge is 0.234 e. The van der Waals surface area contributed by atoms with Gasteiger partial charge in [-0.25, -0.2) is 9.97 Å². The number of amides is 1. The summed E-state index contributed by atoms with van der Waals surface area (Å²) in [5.74, 6) is 0.225. The van der Waals surface area contributed by atoms with E-state index < -0.39 is 0 Å². The number of nitrogens with one attached hydrogen (secondary N) is 1. The number of anilines is 1. The van der Waals surface area contributed by atoms with Crippen LogP contribution in [0.15, 0.2) is 53.7 Å². The van der Waals surface area contributed by atoms with Crippen LogP contribution >= 0.6 is 11.8 Å². The highest BCUT2D eigenvalue weighted by Crippen LogP contribution is 2.20. The van der Waals surface area contributed by atoms with Crippen LogP contribution in [-0.4, -0.2) is 21.6 Å². The first-order valence-electron chi connectivity index (χ1n) is 7.34. The fourth-order valence-electron chi connectivity index (χ4n) is 2.35. The van der Waals surface area contributed by atoms with Gasteiger partial charge in [0, 0.05) is 17.1 Å². The first-order chi connectivity index (χ1) is 11.1. The van der Waals surface area contributed by atoms with Crippen molar-refractivity contribution in [2.45, 2.75) is 19.0 Å². The number of hydrogen-bond acceptors (Lipinski definition) is 4. The van der Waals surface area contributed by atoms with Gasteiger partial charge in [0.2, 0.25) is 5.91 Å². The molecule has 1 amide bonds. The Balaban J connectivity index is 1.64. The average Bonchev–Trinajstić information content (AvgIpc) is 2.52. The summed E-state index contributed by atoms with van der Waals surface area (Å²) in [5, 5.41) is 5.82. The lowest BCUT2D eigenvalue weighted by atomic mass is 10.1. The van der Waals surface area contributed by atoms with E-state index in [9.17, 15) is 4.79 Å². The molecular weight excluding hydrogens is 306 g/mol. The van der Waals surface area contributed by atoms with Gasteiger partial charge in [0.1, 0.15) is 0 Å². The van der Waals surface area contributed by atoms with Gasteiger partial charge in [0.25, 0.3) is 0 Å². The number of rotatable bonds is 4. The van der Waals surface area contributed by atoms with Crippen molar-refractivity contribution in [3.8, 4) is 0 Å². The summed E-state index contributed by atoms with van der Waals surface area (Å²) in [6, 6.07) is 15.9. The largest absolute Gasteiger partial charge is 0.325 e. The lowest BCUT2D eigenvalue weighted by Gasteiger charge is -2.07. The lowest BCUT2D eigenvalue weighted by Crippen LogP contribution is -2.14. The molecular formula is C18H17N3OS. The first-order valence-corrected chi connectivity index (χ1v) is 8.32. The molecule has 0 aliphatic rings. The molecule has 1 heterocycles. The molecule has 0 bridgehead atoms. The van der Waals surface area contributed by atoms with Crippen molar-refractivity contribution in [1.82, 2.24) is 9.97 Å². The Bertz CT molecular complexity index is 844. The van der Waals surface area contributed by atoms with E-state index in [-0.39, 0.29) is 11.7 Å². The van der Waals surface area contributed by atoms with Crippen molar-refractivity contribution >= 4 is 34.1 Å². The highest BCUT2D eigenvalue weighted by Gasteiger charge is 2.07. The fraction of sp³-hybridized carbons (Fsp3) is 0.167. The van der Waals surface area contributed by atoms with Crippen LogP contribution in [0.25, 0.3) is 10.8 Å². The van der Waals surface area contributed by atoms with Crippen molar-refractivity contribution < 1.29 is 4.79 Å². The monoisotopic (exact) mass is 323 g/mol. The molecule has 0 saturated heterocycles. The van der Waals surface area contributed by atoms with E-state index in [2.05, 4.69) is 15.3 Å². The van der Waals surface area contributed by atoms with Crippen LogP contribution < -0.4 is 5.32 Å². The van der Waals surface area contributed by atoms with Gasteiger partial charge < -0.3 is 5.32 Å². The fourth-order valence-corrected chi connectivity index (χ4v) is 3.10. The van der Waals surface area contributed by atoms with E-state index in [1.54, 1.807) is 0 Å². The summed E-state index contributed by atoms with van der Waals surface area (Å²) < 4.78 is 0. The minimum atomic E-state index is -0.0620. The molecule has 3 rings (SSSR count). The minimum absolute atomic E-state index is 0.0620. The molecule has 0 spiro atoms. The van der Waals surface area contributed by atoms with E-state index >= 15 is 0 Å². The molecule has 2 aromatic carbocycles. The zero-order valence-electron chi connectivity index (χ0n) is 13.0. The molecule has 0 aliphatic carbocycles. The molecule has 0 unspecified atom stereocenters. The van der Waals surface area contributed by atoms with Gasteiger partial charge in [-0.3, -0.25) is 4.79 Å². The molecule has 1 N–H and O–H groups in total. The molecule has 0 fully saturated rings. The molecule has 5 heteroatoms. The molecule has 3 aromatic rings. The summed E-state index contributed by atoms with van der Waals surface area (Å²) in [6.45, 7) is 3.85. The van der Waals surface area contributed by atoms with Gasteiger partial charge in [-0.1, -0.05) is 42.1 Å². The predicted molar refractivity (Wildman–Crippen MR) is 94.8 cm³/mol. The number of fused-ring (bicyclic) bond motifs is 1. The molecule has 4 nitrogen and oxygen atoms in total. The SMILES string of the molecule is Cc1cc(C)nc(SCC(=O)Nc2ccc3ccccc3c2)n1. The quantitative estimate of drug-likeness (QED) is 0.583. The number of hydrogen-bond donors (Lipinski definition) is 1. The number of aryl methyl sites for hydroxylation is 2. The predicted octanol–water partition coefficient (Wildman–Crippen LogP) is 3.98. The first kappa shape index (κ1) is 15.5. The van der Waals surface area contributed by atoms with Crippen molar-refractivity contribution in [2.75, 3.05) is 11.1 Å². The van der Waals surface area contributed by atoms with Crippen molar-refractivity contribution in [3.05, 3.63) is 59.9 Å². The van der Waals surface area contributed by atoms with E-state index in [1.165, 1.54) is 11.8 Å². The second-order valence-electron chi connectivity index (χ2n) is 5.33. The maximum Gasteiger partial charge on any atom is 0.234 e. The van der Waals surface area contributed by atoms with Crippen LogP contribution in [0.1, 0.15) is 11.4 Å². The Hall–Kier alpha value is -2.40. The van der Waals surface area contributed by atoms with Crippen molar-refractivity contribution in [3.63, 3.8) is 0 Å². The van der Waals surface area contributed by atoms with E-state index in [1.807, 2.05) is 62.4 Å². The zero-order chi connectivity index (χ0) is 16.2. The number of thioether (sulfide) groups is 1. The number of carbonyl (C=O) groups excluding carboxylic acids is 1. The molecule has 0 atom stereocenters. The molecule has 1 aromatic heterocycles. The maximum absolute atomic E-state index is 12.1. The van der Waals surface area contributed by atoms with Gasteiger partial charge in [-0.05, 0) is 42.8 Å². The number of benzene rings is 2. The normalized spacial score (nSPS) is 10.7. The number of aromatic nitrogens is 2. The van der Waals surface area contributed by atoms with Crippen LogP contribution in [0.5, 0.6) is 0 Å². The van der Waals surface area contributed by atoms with E-state index in [4.69, 9.17) is 0 Å². The maximum atomic E-state index is 12.1. The summed E-state index contributed by atoms with van der Waals surface area (Å²) in [6.07, 6.45) is 0. The summed E-state index contributed by atoms with van der Waals surface area (Å²) in [4.78, 5) is 20.8. The Morgan fingerprint density at radius 2 is 1.70 bits per heavy atom. The number of nitrogens with zero attached hydrogens (tertiary/aromatic N) is 2. The van der Waals surface area contributed by atoms with Crippen LogP contribution in [0.3, 0.4) is 0 Å². The second kappa shape index (κ2) is 6.79. The zero-order valence-corrected chi connectivity index (χ0v) is 13.9. The third-order valence-electron chi connectivity index (χ3n) is 3.33. The van der Waals surface area contributed by atoms with Gasteiger partial charge in [-0.2, -0.15) is 0 Å². The third kappa shape index (κ3) is 4.07. The topological polar surface area (TPSA) is 54.9 Å². The van der Waals surface area contributed by atoms with Gasteiger partial charge >= 0.3 is 0 Å². The Kier molecular flexibility index (Phi) is 4.57. The number of carbonyl (C=O) groups is 1. The molecule has 0 saturated carbocycles. The molecule has 0 radical (unpaired) electrons. The van der Waals surface area contributed by atoms with E-state index in [0.717, 1.165) is 27.8 Å². The van der Waals surface area contributed by atoms with Gasteiger partial charge in [-0.15, -0.1) is 0 Å². The highest BCUT2D eigenvalue weighted by molar-refractivity contribution is 7.99. The van der Waals surface area contributed by atoms with Crippen molar-refractivity contribution in [1.29, 1.82) is 0 Å². The summed E-state index contributed by atoms with van der Waals surface area (Å²) >= 11 is 1.35. The van der Waals surface area contributed by atoms with Gasteiger partial charge in [0.15, 0.2) is 5.16 Å². The standard InChI is InChI=1S/C18H17N3OS/c1-12-9-13(2)20-18(19-12)23-11-17(22)21-16-8-7-14-5-3-4-6-15(14)10-16/h3-10H,11H2,1-2H3,(H,21,22). The van der Waals surface area contributed by atoms with Crippen molar-refractivity contribution in [2.24, 2.45) is 0 Å². The van der Waals surface area contributed by atoms with Crippen LogP contribution in [0.4, 0.5) is 5.69 Å². The molecule has 116 valence electrons. The van der Waals surface area contributed by atoms with Crippen LogP contribution in [-0.2, 0) is 4.79 Å². The van der Waals surface area contributed by atoms with Crippen LogP contribution in [0.2, 0.25) is 0 Å². The molecule has 0 aliphatic heterocycles. The van der Waals surface area contributed by atoms with Gasteiger partial charge in [0.05, 0.1) is 5.75 Å². The molecule has 23 heavy (non-hydrogen) atoms. The Morgan fingerprint density at radius 1 is 1.00 bits per heavy atom. The van der Waals surface area contributed by atoms with E-state index in [0.29, 0.717) is 5.16 Å². The minimum Gasteiger partial charge on any atom is -0.325 e. The Morgan fingerprint density at radius 3 is 2.43 bits per heavy atom. The third-order valence-corrected chi connectivity index (χ3v) is 4.17. The summed E-state index contributed by atoms with van der Waals surface area (Å²) in [5.41, 5.74) is 2.63. The second-order valence-corrected chi connectivity index (χ2v) is 6.27. The highest BCUT2D eigenvalue weighted by atomic mass is 32.2. The lowest BCUT2D eigenvalue weighted by molar-refractivity contribution is -0.113. The average molecular weight is 323 g/mol. The van der Waals surface area contributed by atoms with Crippen LogP contribution in [0, 0.1) is 13.8 Å².